The van der Waals surface area contributed by atoms with Crippen molar-refractivity contribution in [1.29, 1.82) is 0 Å². The van der Waals surface area contributed by atoms with Gasteiger partial charge in [-0.3, -0.25) is 0 Å². The van der Waals surface area contributed by atoms with Gasteiger partial charge in [0.25, 0.3) is 0 Å². The summed E-state index contributed by atoms with van der Waals surface area (Å²) in [5, 5.41) is 19.3. The minimum absolute atomic E-state index is 0.0695. The zero-order chi connectivity index (χ0) is 18.5. The van der Waals surface area contributed by atoms with Crippen LogP contribution in [0.5, 0.6) is 0 Å². The van der Waals surface area contributed by atoms with Gasteiger partial charge in [-0.15, -0.1) is 0 Å². The maximum Gasteiger partial charge on any atom is 0.151 e. The van der Waals surface area contributed by atoms with Crippen molar-refractivity contribution in [2.75, 3.05) is 5.73 Å². The molecule has 0 aliphatic rings. The van der Waals surface area contributed by atoms with Crippen LogP contribution in [-0.2, 0) is 5.60 Å². The lowest BCUT2D eigenvalue weighted by Crippen LogP contribution is -2.25. The van der Waals surface area contributed by atoms with Crippen LogP contribution >= 0.6 is 0 Å². The average Bonchev–Trinajstić information content (AvgIpc) is 3.23. The number of aromatic nitrogens is 5. The van der Waals surface area contributed by atoms with E-state index in [0.717, 1.165) is 12.1 Å². The summed E-state index contributed by atoms with van der Waals surface area (Å²) >= 11 is 0. The monoisotopic (exact) mass is 356 g/mol. The van der Waals surface area contributed by atoms with Crippen molar-refractivity contribution in [3.05, 3.63) is 71.9 Å². The highest BCUT2D eigenvalue weighted by Crippen LogP contribution is 2.31. The first-order valence-electron chi connectivity index (χ1n) is 7.69. The predicted octanol–water partition coefficient (Wildman–Crippen LogP) is 2.03. The number of nitrogens with two attached hydrogens (primary N) is 1. The molecule has 0 saturated carbocycles. The van der Waals surface area contributed by atoms with Crippen molar-refractivity contribution in [2.45, 2.75) is 12.5 Å². The largest absolute Gasteiger partial charge is 0.382 e. The van der Waals surface area contributed by atoms with Gasteiger partial charge >= 0.3 is 0 Å². The normalized spacial score (nSPS) is 13.8. The number of aliphatic hydroxyl groups is 1. The fourth-order valence-corrected chi connectivity index (χ4v) is 2.84. The van der Waals surface area contributed by atoms with Crippen LogP contribution in [0.4, 0.5) is 14.6 Å². The van der Waals surface area contributed by atoms with E-state index in [1.165, 1.54) is 34.0 Å². The number of rotatable bonds is 3. The number of anilines is 1. The molecule has 1 aromatic carbocycles. The van der Waals surface area contributed by atoms with Gasteiger partial charge in [0, 0.05) is 17.8 Å². The number of nitrogen functional groups attached to an aromatic ring is 1. The van der Waals surface area contributed by atoms with E-state index in [9.17, 15) is 13.9 Å². The van der Waals surface area contributed by atoms with Crippen molar-refractivity contribution in [2.24, 2.45) is 0 Å². The highest BCUT2D eigenvalue weighted by Gasteiger charge is 2.31. The molecule has 1 unspecified atom stereocenters. The zero-order valence-electron chi connectivity index (χ0n) is 13.6. The minimum Gasteiger partial charge on any atom is -0.382 e. The molecule has 4 aromatic rings. The molecular formula is C17H14F2N6O. The molecule has 3 N–H and O–H groups in total. The fourth-order valence-electron chi connectivity index (χ4n) is 2.84. The molecule has 0 saturated heterocycles. The molecule has 132 valence electrons. The number of benzene rings is 1. The molecule has 0 aliphatic heterocycles. The van der Waals surface area contributed by atoms with Crippen LogP contribution in [0.25, 0.3) is 11.2 Å². The Labute approximate surface area is 146 Å². The van der Waals surface area contributed by atoms with E-state index in [1.807, 2.05) is 0 Å². The van der Waals surface area contributed by atoms with Crippen LogP contribution in [0, 0.1) is 11.6 Å². The fraction of sp³-hybridized carbons (Fsp3) is 0.118. The Bertz CT molecular complexity index is 1120. The molecule has 7 nitrogen and oxygen atoms in total. The molecule has 0 amide bonds. The second-order valence-electron chi connectivity index (χ2n) is 6.00. The van der Waals surface area contributed by atoms with Gasteiger partial charge in [0.1, 0.15) is 28.9 Å². The summed E-state index contributed by atoms with van der Waals surface area (Å²) < 4.78 is 29.8. The summed E-state index contributed by atoms with van der Waals surface area (Å²) in [5.41, 5.74) is 5.81. The van der Waals surface area contributed by atoms with Crippen LogP contribution in [0.3, 0.4) is 0 Å². The van der Waals surface area contributed by atoms with E-state index in [4.69, 9.17) is 5.73 Å². The minimum atomic E-state index is -1.48. The van der Waals surface area contributed by atoms with Crippen LogP contribution in [0.1, 0.15) is 18.2 Å². The third-order valence-corrected chi connectivity index (χ3v) is 4.28. The Morgan fingerprint density at radius 2 is 1.96 bits per heavy atom. The standard InChI is InChI=1S/C17H14F2N6O/c1-17(26,15-5-4-14-16(20)21-9-23-25(14)15)10-7-22-24(8-10)13-3-2-11(18)6-12(13)19/h2-9,26H,1H3,(H2,20,21,23). The summed E-state index contributed by atoms with van der Waals surface area (Å²) in [6.45, 7) is 1.56. The van der Waals surface area contributed by atoms with Crippen molar-refractivity contribution in [1.82, 2.24) is 24.4 Å². The van der Waals surface area contributed by atoms with Crippen molar-refractivity contribution in [3.8, 4) is 5.69 Å². The second-order valence-corrected chi connectivity index (χ2v) is 6.00. The van der Waals surface area contributed by atoms with Gasteiger partial charge in [-0.2, -0.15) is 10.2 Å². The predicted molar refractivity (Wildman–Crippen MR) is 89.6 cm³/mol. The van der Waals surface area contributed by atoms with E-state index in [1.54, 1.807) is 19.1 Å². The van der Waals surface area contributed by atoms with E-state index in [0.29, 0.717) is 16.8 Å². The zero-order valence-corrected chi connectivity index (χ0v) is 13.6. The Morgan fingerprint density at radius 1 is 1.15 bits per heavy atom. The molecule has 0 aliphatic carbocycles. The van der Waals surface area contributed by atoms with Crippen LogP contribution in [-0.4, -0.2) is 29.5 Å². The Hall–Kier alpha value is -3.33. The molecule has 9 heteroatoms. The number of hydrogen-bond acceptors (Lipinski definition) is 5. The first-order valence-corrected chi connectivity index (χ1v) is 7.69. The maximum atomic E-state index is 14.0. The molecule has 26 heavy (non-hydrogen) atoms. The number of halogens is 2. The second kappa shape index (κ2) is 5.60. The molecule has 4 rings (SSSR count). The van der Waals surface area contributed by atoms with Gasteiger partial charge in [-0.1, -0.05) is 0 Å². The van der Waals surface area contributed by atoms with E-state index < -0.39 is 17.2 Å². The van der Waals surface area contributed by atoms with E-state index >= 15 is 0 Å². The third-order valence-electron chi connectivity index (χ3n) is 4.28. The first-order chi connectivity index (χ1) is 12.4. The van der Waals surface area contributed by atoms with E-state index in [-0.39, 0.29) is 11.5 Å². The summed E-state index contributed by atoms with van der Waals surface area (Å²) in [6, 6.07) is 6.56. The quantitative estimate of drug-likeness (QED) is 0.586. The number of hydrogen-bond donors (Lipinski definition) is 2. The number of fused-ring (bicyclic) bond motifs is 1. The van der Waals surface area contributed by atoms with E-state index in [2.05, 4.69) is 15.2 Å². The highest BCUT2D eigenvalue weighted by molar-refractivity contribution is 5.66. The van der Waals surface area contributed by atoms with Gasteiger partial charge in [0.05, 0.1) is 11.9 Å². The SMILES string of the molecule is CC(O)(c1cnn(-c2ccc(F)cc2F)c1)c1ccc2c(N)ncnn12. The van der Waals surface area contributed by atoms with Crippen LogP contribution < -0.4 is 5.73 Å². The lowest BCUT2D eigenvalue weighted by Gasteiger charge is -2.21. The summed E-state index contributed by atoms with van der Waals surface area (Å²) in [5.74, 6) is -1.15. The molecular weight excluding hydrogens is 342 g/mol. The van der Waals surface area contributed by atoms with Gasteiger partial charge in [0.15, 0.2) is 11.6 Å². The highest BCUT2D eigenvalue weighted by atomic mass is 19.1. The van der Waals surface area contributed by atoms with Crippen molar-refractivity contribution < 1.29 is 13.9 Å². The maximum absolute atomic E-state index is 14.0. The number of nitrogens with zero attached hydrogens (tertiary/aromatic N) is 5. The molecule has 0 bridgehead atoms. The van der Waals surface area contributed by atoms with Crippen LogP contribution in [0.15, 0.2) is 49.1 Å². The average molecular weight is 356 g/mol. The lowest BCUT2D eigenvalue weighted by molar-refractivity contribution is 0.0953. The Balaban J connectivity index is 1.79. The van der Waals surface area contributed by atoms with Gasteiger partial charge in [-0.25, -0.2) is 23.0 Å². The molecule has 0 spiro atoms. The summed E-state index contributed by atoms with van der Waals surface area (Å²) in [4.78, 5) is 3.91. The van der Waals surface area contributed by atoms with Crippen LogP contribution in [0.2, 0.25) is 0 Å². The van der Waals surface area contributed by atoms with Crippen molar-refractivity contribution >= 4 is 11.3 Å². The smallest absolute Gasteiger partial charge is 0.151 e. The summed E-state index contributed by atoms with van der Waals surface area (Å²) in [7, 11) is 0. The molecule has 0 radical (unpaired) electrons. The van der Waals surface area contributed by atoms with Gasteiger partial charge < -0.3 is 10.8 Å². The molecule has 0 fully saturated rings. The molecule has 3 heterocycles. The lowest BCUT2D eigenvalue weighted by atomic mass is 9.96. The topological polar surface area (TPSA) is 94.3 Å². The van der Waals surface area contributed by atoms with Gasteiger partial charge in [0.2, 0.25) is 0 Å². The summed E-state index contributed by atoms with van der Waals surface area (Å²) in [6.07, 6.45) is 4.17. The third kappa shape index (κ3) is 2.40. The first kappa shape index (κ1) is 16.2. The molecule has 3 aromatic heterocycles. The van der Waals surface area contributed by atoms with Crippen molar-refractivity contribution in [3.63, 3.8) is 0 Å². The van der Waals surface area contributed by atoms with Gasteiger partial charge in [-0.05, 0) is 31.2 Å². The molecule has 1 atom stereocenters. The Kier molecular flexibility index (Phi) is 3.48. The Morgan fingerprint density at radius 3 is 2.73 bits per heavy atom.